The van der Waals surface area contributed by atoms with Crippen molar-refractivity contribution in [3.8, 4) is 5.75 Å². The summed E-state index contributed by atoms with van der Waals surface area (Å²) in [6.45, 7) is 0. The van der Waals surface area contributed by atoms with Gasteiger partial charge >= 0.3 is 7.56 Å². The minimum atomic E-state index is -0.772. The molecule has 0 aromatic heterocycles. The predicted molar refractivity (Wildman–Crippen MR) is 36.0 cm³/mol. The molecular weight excluding hydrogens is 137 g/mol. The molecule has 0 heterocycles. The fourth-order valence-corrected chi connectivity index (χ4v) is 0.650. The highest BCUT2D eigenvalue weighted by atomic mass is 19.1. The van der Waals surface area contributed by atoms with Crippen molar-refractivity contribution >= 4 is 13.0 Å². The van der Waals surface area contributed by atoms with E-state index in [0.717, 1.165) is 12.1 Å². The van der Waals surface area contributed by atoms with Crippen molar-refractivity contribution in [3.63, 3.8) is 0 Å². The van der Waals surface area contributed by atoms with Crippen molar-refractivity contribution in [1.29, 1.82) is 0 Å². The van der Waals surface area contributed by atoms with Crippen LogP contribution in [-0.2, 0) is 0 Å². The van der Waals surface area contributed by atoms with Crippen molar-refractivity contribution in [1.82, 2.24) is 0 Å². The van der Waals surface area contributed by atoms with Crippen LogP contribution in [0.2, 0.25) is 0 Å². The average molecular weight is 142 g/mol. The maximum absolute atomic E-state index is 12.2. The number of benzene rings is 1. The summed E-state index contributed by atoms with van der Waals surface area (Å²) in [5.41, 5.74) is 0.112. The fraction of sp³-hybridized carbons (Fsp3) is 0. The number of rotatable bonds is 1. The van der Waals surface area contributed by atoms with Crippen LogP contribution in [0.25, 0.3) is 0 Å². The molecule has 1 rings (SSSR count). The zero-order chi connectivity index (χ0) is 7.56. The first-order valence-electron chi connectivity index (χ1n) is 2.77. The Morgan fingerprint density at radius 3 is 2.60 bits per heavy atom. The van der Waals surface area contributed by atoms with Crippen LogP contribution in [0.5, 0.6) is 5.75 Å². The van der Waals surface area contributed by atoms with E-state index in [9.17, 15) is 8.71 Å². The van der Waals surface area contributed by atoms with E-state index in [1.807, 2.05) is 0 Å². The van der Waals surface area contributed by atoms with E-state index in [-0.39, 0.29) is 11.2 Å². The molecule has 0 radical (unpaired) electrons. The number of hydrogen-bond donors (Lipinski definition) is 1. The highest BCUT2D eigenvalue weighted by Crippen LogP contribution is 2.06. The normalized spacial score (nSPS) is 9.40. The molecule has 0 amide bonds. The largest absolute Gasteiger partial charge is 0.508 e. The lowest BCUT2D eigenvalue weighted by Crippen LogP contribution is -2.09. The van der Waals surface area contributed by atoms with Gasteiger partial charge in [0.1, 0.15) is 11.6 Å². The zero-order valence-corrected chi connectivity index (χ0v) is 5.14. The van der Waals surface area contributed by atoms with Gasteiger partial charge in [-0.1, -0.05) is 6.07 Å². The summed E-state index contributed by atoms with van der Waals surface area (Å²) in [4.78, 5) is 0. The van der Waals surface area contributed by atoms with Crippen LogP contribution < -0.4 is 5.46 Å². The van der Waals surface area contributed by atoms with Crippen LogP contribution in [0.1, 0.15) is 0 Å². The summed E-state index contributed by atoms with van der Waals surface area (Å²) in [5, 5.41) is 8.81. The molecule has 1 aromatic rings. The highest BCUT2D eigenvalue weighted by Gasteiger charge is 2.02. The van der Waals surface area contributed by atoms with E-state index in [1.54, 1.807) is 0 Å². The smallest absolute Gasteiger partial charge is 0.367 e. The molecule has 1 nitrogen and oxygen atoms in total. The number of hydrogen-bond acceptors (Lipinski definition) is 1. The van der Waals surface area contributed by atoms with Gasteiger partial charge in [-0.05, 0) is 11.5 Å². The number of halogens is 2. The van der Waals surface area contributed by atoms with Crippen molar-refractivity contribution in [3.05, 3.63) is 24.0 Å². The summed E-state index contributed by atoms with van der Waals surface area (Å²) < 4.78 is 24.0. The molecule has 0 atom stereocenters. The average Bonchev–Trinajstić information content (AvgIpc) is 1.88. The molecule has 0 unspecified atom stereocenters. The molecule has 52 valence electrons. The zero-order valence-electron chi connectivity index (χ0n) is 5.14. The van der Waals surface area contributed by atoms with Gasteiger partial charge in [-0.2, -0.15) is 0 Å². The molecule has 1 aromatic carbocycles. The quantitative estimate of drug-likeness (QED) is 0.565. The highest BCUT2D eigenvalue weighted by molar-refractivity contribution is 6.47. The Bertz CT molecular complexity index is 239. The molecule has 4 heteroatoms. The first kappa shape index (κ1) is 7.06. The SMILES string of the molecule is Oc1cc(F)ccc1BF. The molecule has 1 N–H and O–H groups in total. The Balaban J connectivity index is 3.07. The van der Waals surface area contributed by atoms with Gasteiger partial charge in [0.25, 0.3) is 0 Å². The van der Waals surface area contributed by atoms with E-state index in [4.69, 9.17) is 5.11 Å². The predicted octanol–water partition coefficient (Wildman–Crippen LogP) is 0.478. The van der Waals surface area contributed by atoms with E-state index < -0.39 is 13.4 Å². The third kappa shape index (κ3) is 1.26. The second kappa shape index (κ2) is 2.69. The molecule has 0 bridgehead atoms. The third-order valence-electron chi connectivity index (χ3n) is 1.19. The Hall–Kier alpha value is -1.06. The Labute approximate surface area is 57.6 Å². The molecule has 0 aliphatic rings. The second-order valence-corrected chi connectivity index (χ2v) is 1.91. The van der Waals surface area contributed by atoms with Gasteiger partial charge in [0.2, 0.25) is 0 Å². The van der Waals surface area contributed by atoms with Gasteiger partial charge in [0.05, 0.1) is 0 Å². The van der Waals surface area contributed by atoms with Gasteiger partial charge in [-0.25, -0.2) is 4.39 Å². The summed E-state index contributed by atoms with van der Waals surface area (Å²) in [6, 6.07) is 3.20. The molecule has 0 saturated carbocycles. The molecule has 0 aliphatic carbocycles. The lowest BCUT2D eigenvalue weighted by atomic mass is 9.90. The van der Waals surface area contributed by atoms with Crippen molar-refractivity contribution in [2.45, 2.75) is 0 Å². The minimum absolute atomic E-state index is 0.112. The Morgan fingerprint density at radius 2 is 2.10 bits per heavy atom. The maximum Gasteiger partial charge on any atom is 0.367 e. The van der Waals surface area contributed by atoms with Crippen LogP contribution >= 0.6 is 0 Å². The lowest BCUT2D eigenvalue weighted by molar-refractivity contribution is 0.473. The van der Waals surface area contributed by atoms with Crippen LogP contribution in [0.4, 0.5) is 8.71 Å². The summed E-state index contributed by atoms with van der Waals surface area (Å²) in [7, 11) is -0.772. The monoisotopic (exact) mass is 142 g/mol. The molecular formula is C6H5BF2O. The molecule has 0 saturated heterocycles. The third-order valence-corrected chi connectivity index (χ3v) is 1.19. The van der Waals surface area contributed by atoms with Crippen LogP contribution in [-0.4, -0.2) is 12.7 Å². The Kier molecular flexibility index (Phi) is 1.90. The van der Waals surface area contributed by atoms with Gasteiger partial charge in [-0.15, -0.1) is 0 Å². The van der Waals surface area contributed by atoms with Gasteiger partial charge in [0.15, 0.2) is 0 Å². The molecule has 10 heavy (non-hydrogen) atoms. The van der Waals surface area contributed by atoms with Gasteiger partial charge < -0.3 is 9.42 Å². The molecule has 0 spiro atoms. The number of aromatic hydroxyl groups is 1. The first-order valence-corrected chi connectivity index (χ1v) is 2.77. The van der Waals surface area contributed by atoms with Crippen molar-refractivity contribution in [2.75, 3.05) is 0 Å². The van der Waals surface area contributed by atoms with Crippen LogP contribution in [0, 0.1) is 5.82 Å². The van der Waals surface area contributed by atoms with Gasteiger partial charge in [0, 0.05) is 6.07 Å². The second-order valence-electron chi connectivity index (χ2n) is 1.91. The number of phenols is 1. The molecule has 0 aliphatic heterocycles. The topological polar surface area (TPSA) is 20.2 Å². The fourth-order valence-electron chi connectivity index (χ4n) is 0.650. The minimum Gasteiger partial charge on any atom is -0.508 e. The summed E-state index contributed by atoms with van der Waals surface area (Å²) in [5.74, 6) is -0.891. The van der Waals surface area contributed by atoms with Crippen molar-refractivity contribution < 1.29 is 13.8 Å². The standard InChI is InChI=1S/C6H5BF2O/c8-4-1-2-5(7-9)6(10)3-4/h1-3,7,10H. The van der Waals surface area contributed by atoms with E-state index in [0.29, 0.717) is 0 Å². The van der Waals surface area contributed by atoms with Crippen LogP contribution in [0.15, 0.2) is 18.2 Å². The maximum atomic E-state index is 12.2. The van der Waals surface area contributed by atoms with Crippen LogP contribution in [0.3, 0.4) is 0 Å². The van der Waals surface area contributed by atoms with E-state index >= 15 is 0 Å². The van der Waals surface area contributed by atoms with E-state index in [2.05, 4.69) is 0 Å². The summed E-state index contributed by atoms with van der Waals surface area (Å²) >= 11 is 0. The number of phenolic OH excluding ortho intramolecular Hbond substituents is 1. The first-order chi connectivity index (χ1) is 4.74. The van der Waals surface area contributed by atoms with E-state index in [1.165, 1.54) is 6.07 Å². The van der Waals surface area contributed by atoms with Crippen molar-refractivity contribution in [2.24, 2.45) is 0 Å². The summed E-state index contributed by atoms with van der Waals surface area (Å²) in [6.07, 6.45) is 0. The van der Waals surface area contributed by atoms with Gasteiger partial charge in [-0.3, -0.25) is 0 Å². The molecule has 0 fully saturated rings. The lowest BCUT2D eigenvalue weighted by Gasteiger charge is -1.96. The Morgan fingerprint density at radius 1 is 1.40 bits per heavy atom.